The normalized spacial score (nSPS) is 16.4. The number of aliphatic hydroxyl groups is 1. The summed E-state index contributed by atoms with van der Waals surface area (Å²) in [7, 11) is 0. The molecule has 0 bridgehead atoms. The SMILES string of the molecule is O=C(OCc1ccccc1)N1c2ccccc2C[C@@H]1CCO. The van der Waals surface area contributed by atoms with Crippen LogP contribution in [-0.4, -0.2) is 23.8 Å². The maximum absolute atomic E-state index is 12.5. The number of benzene rings is 2. The van der Waals surface area contributed by atoms with Gasteiger partial charge in [-0.1, -0.05) is 48.5 Å². The molecule has 4 heteroatoms. The van der Waals surface area contributed by atoms with Crippen molar-refractivity contribution < 1.29 is 14.6 Å². The lowest BCUT2D eigenvalue weighted by molar-refractivity contribution is 0.144. The number of carbonyl (C=O) groups excluding carboxylic acids is 1. The van der Waals surface area contributed by atoms with Crippen molar-refractivity contribution in [2.45, 2.75) is 25.5 Å². The van der Waals surface area contributed by atoms with Gasteiger partial charge >= 0.3 is 6.09 Å². The van der Waals surface area contributed by atoms with E-state index in [-0.39, 0.29) is 25.3 Å². The number of rotatable bonds is 4. The van der Waals surface area contributed by atoms with Crippen molar-refractivity contribution >= 4 is 11.8 Å². The highest BCUT2D eigenvalue weighted by Gasteiger charge is 2.34. The van der Waals surface area contributed by atoms with Gasteiger partial charge in [0.25, 0.3) is 0 Å². The van der Waals surface area contributed by atoms with E-state index in [9.17, 15) is 9.90 Å². The second kappa shape index (κ2) is 6.62. The third-order valence-electron chi connectivity index (χ3n) is 3.94. The molecule has 0 saturated carbocycles. The minimum absolute atomic E-state index is 0.0364. The van der Waals surface area contributed by atoms with Crippen LogP contribution >= 0.6 is 0 Å². The number of nitrogens with zero attached hydrogens (tertiary/aromatic N) is 1. The predicted molar refractivity (Wildman–Crippen MR) is 84.7 cm³/mol. The van der Waals surface area contributed by atoms with Gasteiger partial charge in [-0.05, 0) is 30.0 Å². The molecule has 3 rings (SSSR count). The van der Waals surface area contributed by atoms with Crippen molar-refractivity contribution in [2.75, 3.05) is 11.5 Å². The molecule has 1 heterocycles. The fourth-order valence-electron chi connectivity index (χ4n) is 2.88. The molecule has 0 radical (unpaired) electrons. The molecule has 1 atom stereocenters. The first kappa shape index (κ1) is 14.6. The van der Waals surface area contributed by atoms with E-state index in [1.54, 1.807) is 4.90 Å². The van der Waals surface area contributed by atoms with Gasteiger partial charge in [0, 0.05) is 12.6 Å². The van der Waals surface area contributed by atoms with Gasteiger partial charge in [-0.2, -0.15) is 0 Å². The van der Waals surface area contributed by atoms with E-state index in [1.165, 1.54) is 0 Å². The number of hydrogen-bond acceptors (Lipinski definition) is 3. The Balaban J connectivity index is 1.74. The standard InChI is InChI=1S/C18H19NO3/c20-11-10-16-12-15-8-4-5-9-17(15)19(16)18(21)22-13-14-6-2-1-3-7-14/h1-9,16,20H,10-13H2/t16-/m0/s1. The van der Waals surface area contributed by atoms with Gasteiger partial charge in [0.05, 0.1) is 5.69 Å². The highest BCUT2D eigenvalue weighted by atomic mass is 16.6. The molecule has 0 fully saturated rings. The molecular weight excluding hydrogens is 278 g/mol. The number of aliphatic hydroxyl groups excluding tert-OH is 1. The lowest BCUT2D eigenvalue weighted by Crippen LogP contribution is -2.38. The van der Waals surface area contributed by atoms with Crippen LogP contribution in [0.1, 0.15) is 17.5 Å². The zero-order valence-electron chi connectivity index (χ0n) is 12.3. The molecule has 1 aliphatic heterocycles. The molecule has 0 aliphatic carbocycles. The highest BCUT2D eigenvalue weighted by molar-refractivity contribution is 5.91. The third kappa shape index (κ3) is 2.97. The minimum atomic E-state index is -0.354. The number of fused-ring (bicyclic) bond motifs is 1. The Hall–Kier alpha value is -2.33. The van der Waals surface area contributed by atoms with Gasteiger partial charge in [0.1, 0.15) is 6.61 Å². The van der Waals surface area contributed by atoms with Crippen LogP contribution in [0.5, 0.6) is 0 Å². The van der Waals surface area contributed by atoms with E-state index in [2.05, 4.69) is 0 Å². The summed E-state index contributed by atoms with van der Waals surface area (Å²) in [5, 5.41) is 9.23. The molecule has 0 unspecified atom stereocenters. The molecule has 1 N–H and O–H groups in total. The second-order valence-corrected chi connectivity index (χ2v) is 5.41. The first-order valence-electron chi connectivity index (χ1n) is 7.48. The van der Waals surface area contributed by atoms with E-state index in [1.807, 2.05) is 54.6 Å². The minimum Gasteiger partial charge on any atom is -0.444 e. The number of ether oxygens (including phenoxy) is 1. The first-order valence-corrected chi connectivity index (χ1v) is 7.48. The fourth-order valence-corrected chi connectivity index (χ4v) is 2.88. The zero-order chi connectivity index (χ0) is 15.4. The van der Waals surface area contributed by atoms with Crippen molar-refractivity contribution in [1.82, 2.24) is 0 Å². The van der Waals surface area contributed by atoms with Crippen molar-refractivity contribution in [1.29, 1.82) is 0 Å². The number of hydrogen-bond donors (Lipinski definition) is 1. The van der Waals surface area contributed by atoms with E-state index < -0.39 is 0 Å². The molecule has 2 aromatic rings. The van der Waals surface area contributed by atoms with Gasteiger partial charge in [-0.25, -0.2) is 4.79 Å². The van der Waals surface area contributed by atoms with E-state index in [0.717, 1.165) is 23.2 Å². The summed E-state index contributed by atoms with van der Waals surface area (Å²) in [6.45, 7) is 0.311. The molecule has 0 spiro atoms. The second-order valence-electron chi connectivity index (χ2n) is 5.41. The maximum Gasteiger partial charge on any atom is 0.414 e. The number of anilines is 1. The largest absolute Gasteiger partial charge is 0.444 e. The summed E-state index contributed by atoms with van der Waals surface area (Å²) in [5.74, 6) is 0. The Kier molecular flexibility index (Phi) is 4.39. The summed E-state index contributed by atoms with van der Waals surface area (Å²) in [4.78, 5) is 14.2. The van der Waals surface area contributed by atoms with Crippen molar-refractivity contribution in [2.24, 2.45) is 0 Å². The summed E-state index contributed by atoms with van der Waals surface area (Å²) < 4.78 is 5.45. The quantitative estimate of drug-likeness (QED) is 0.943. The summed E-state index contributed by atoms with van der Waals surface area (Å²) in [6.07, 6.45) is 0.957. The van der Waals surface area contributed by atoms with Crippen LogP contribution < -0.4 is 4.90 Å². The molecule has 1 aliphatic rings. The fraction of sp³-hybridized carbons (Fsp3) is 0.278. The first-order chi connectivity index (χ1) is 10.8. The predicted octanol–water partition coefficient (Wildman–Crippen LogP) is 3.14. The Labute approximate surface area is 130 Å². The number of carbonyl (C=O) groups is 1. The third-order valence-corrected chi connectivity index (χ3v) is 3.94. The van der Waals surface area contributed by atoms with Crippen molar-refractivity contribution in [3.8, 4) is 0 Å². The molecule has 4 nitrogen and oxygen atoms in total. The number of amides is 1. The molecule has 1 amide bonds. The van der Waals surface area contributed by atoms with E-state index in [0.29, 0.717) is 6.42 Å². The van der Waals surface area contributed by atoms with Crippen LogP contribution in [0.2, 0.25) is 0 Å². The molecule has 0 aromatic heterocycles. The molecule has 0 saturated heterocycles. The molecule has 2 aromatic carbocycles. The molecular formula is C18H19NO3. The average Bonchev–Trinajstić information content (AvgIpc) is 2.92. The average molecular weight is 297 g/mol. The van der Waals surface area contributed by atoms with Gasteiger partial charge in [-0.3, -0.25) is 4.90 Å². The summed E-state index contributed by atoms with van der Waals surface area (Å²) in [5.41, 5.74) is 2.97. The molecule has 114 valence electrons. The van der Waals surface area contributed by atoms with Crippen LogP contribution in [-0.2, 0) is 17.8 Å². The van der Waals surface area contributed by atoms with Crippen LogP contribution in [0.25, 0.3) is 0 Å². The monoisotopic (exact) mass is 297 g/mol. The van der Waals surface area contributed by atoms with E-state index >= 15 is 0 Å². The van der Waals surface area contributed by atoms with Crippen LogP contribution in [0.15, 0.2) is 54.6 Å². The lowest BCUT2D eigenvalue weighted by Gasteiger charge is -2.24. The summed E-state index contributed by atoms with van der Waals surface area (Å²) in [6, 6.07) is 17.4. The van der Waals surface area contributed by atoms with Crippen LogP contribution in [0, 0.1) is 0 Å². The van der Waals surface area contributed by atoms with E-state index in [4.69, 9.17) is 4.74 Å². The van der Waals surface area contributed by atoms with Gasteiger partial charge in [0.2, 0.25) is 0 Å². The lowest BCUT2D eigenvalue weighted by atomic mass is 10.1. The topological polar surface area (TPSA) is 49.8 Å². The van der Waals surface area contributed by atoms with Gasteiger partial charge in [0.15, 0.2) is 0 Å². The Bertz CT molecular complexity index is 642. The maximum atomic E-state index is 12.5. The van der Waals surface area contributed by atoms with Crippen LogP contribution in [0.4, 0.5) is 10.5 Å². The van der Waals surface area contributed by atoms with Gasteiger partial charge < -0.3 is 9.84 Å². The Morgan fingerprint density at radius 1 is 1.14 bits per heavy atom. The molecule has 22 heavy (non-hydrogen) atoms. The zero-order valence-corrected chi connectivity index (χ0v) is 12.3. The number of para-hydroxylation sites is 1. The smallest absolute Gasteiger partial charge is 0.414 e. The Morgan fingerprint density at radius 3 is 2.64 bits per heavy atom. The Morgan fingerprint density at radius 2 is 1.86 bits per heavy atom. The van der Waals surface area contributed by atoms with Gasteiger partial charge in [-0.15, -0.1) is 0 Å². The highest BCUT2D eigenvalue weighted by Crippen LogP contribution is 2.33. The summed E-state index contributed by atoms with van der Waals surface area (Å²) >= 11 is 0. The van der Waals surface area contributed by atoms with Crippen molar-refractivity contribution in [3.63, 3.8) is 0 Å². The van der Waals surface area contributed by atoms with Crippen molar-refractivity contribution in [3.05, 3.63) is 65.7 Å². The van der Waals surface area contributed by atoms with Crippen LogP contribution in [0.3, 0.4) is 0 Å².